The minimum absolute atomic E-state index is 0.00327. The van der Waals surface area contributed by atoms with Crippen LogP contribution in [-0.2, 0) is 9.59 Å². The number of nitrogens with zero attached hydrogens (tertiary/aromatic N) is 1. The Kier molecular flexibility index (Phi) is 5.47. The number of hydrogen-bond donors (Lipinski definition) is 1. The van der Waals surface area contributed by atoms with E-state index < -0.39 is 0 Å². The highest BCUT2D eigenvalue weighted by Crippen LogP contribution is 2.35. The molecule has 0 aliphatic carbocycles. The van der Waals surface area contributed by atoms with E-state index in [4.69, 9.17) is 12.2 Å². The second-order valence-corrected chi connectivity index (χ2v) is 6.81. The monoisotopic (exact) mass is 284 g/mol. The van der Waals surface area contributed by atoms with Gasteiger partial charge >= 0.3 is 0 Å². The fourth-order valence-electron chi connectivity index (χ4n) is 2.25. The molecular formula is C14H24N2O2S. The maximum atomic E-state index is 12.2. The predicted molar refractivity (Wildman–Crippen MR) is 79.8 cm³/mol. The van der Waals surface area contributed by atoms with Gasteiger partial charge in [-0.2, -0.15) is 0 Å². The van der Waals surface area contributed by atoms with Gasteiger partial charge in [0.15, 0.2) is 0 Å². The molecule has 2 amide bonds. The Morgan fingerprint density at radius 1 is 1.37 bits per heavy atom. The van der Waals surface area contributed by atoms with Crippen LogP contribution in [0.4, 0.5) is 0 Å². The molecule has 1 fully saturated rings. The SMILES string of the molecule is CC(=S)NCCCCN1C(=O)CC(C(C)(C)C)C1=O. The number of unbranched alkanes of at least 4 members (excludes halogenated alkanes) is 1. The molecule has 5 heteroatoms. The number of likely N-dealkylation sites (tertiary alicyclic amines) is 1. The molecule has 4 nitrogen and oxygen atoms in total. The molecule has 1 N–H and O–H groups in total. The lowest BCUT2D eigenvalue weighted by molar-refractivity contribution is -0.140. The normalized spacial score (nSPS) is 20.0. The van der Waals surface area contributed by atoms with Crippen LogP contribution in [0.25, 0.3) is 0 Å². The summed E-state index contributed by atoms with van der Waals surface area (Å²) in [5.74, 6) is -0.193. The molecule has 0 aromatic rings. The van der Waals surface area contributed by atoms with E-state index in [2.05, 4.69) is 5.32 Å². The Morgan fingerprint density at radius 2 is 2.00 bits per heavy atom. The molecule has 0 radical (unpaired) electrons. The van der Waals surface area contributed by atoms with Crippen molar-refractivity contribution in [3.05, 3.63) is 0 Å². The van der Waals surface area contributed by atoms with Crippen LogP contribution in [-0.4, -0.2) is 34.8 Å². The van der Waals surface area contributed by atoms with E-state index in [1.54, 1.807) is 0 Å². The van der Waals surface area contributed by atoms with Gasteiger partial charge in [0, 0.05) is 19.5 Å². The van der Waals surface area contributed by atoms with Crippen molar-refractivity contribution in [1.82, 2.24) is 10.2 Å². The third kappa shape index (κ3) is 4.56. The minimum atomic E-state index is -0.165. The van der Waals surface area contributed by atoms with E-state index in [-0.39, 0.29) is 23.1 Å². The molecule has 0 saturated carbocycles. The molecule has 0 spiro atoms. The largest absolute Gasteiger partial charge is 0.380 e. The molecule has 1 unspecified atom stereocenters. The molecule has 1 aliphatic heterocycles. The molecule has 0 aromatic heterocycles. The van der Waals surface area contributed by atoms with Crippen LogP contribution < -0.4 is 5.32 Å². The van der Waals surface area contributed by atoms with Crippen molar-refractivity contribution in [2.75, 3.05) is 13.1 Å². The van der Waals surface area contributed by atoms with Crippen LogP contribution in [0.15, 0.2) is 0 Å². The first kappa shape index (κ1) is 16.1. The number of carbonyl (C=O) groups is 2. The van der Waals surface area contributed by atoms with Crippen molar-refractivity contribution in [2.45, 2.75) is 47.0 Å². The molecule has 0 bridgehead atoms. The third-order valence-corrected chi connectivity index (χ3v) is 3.62. The second kappa shape index (κ2) is 6.46. The van der Waals surface area contributed by atoms with E-state index in [0.29, 0.717) is 13.0 Å². The van der Waals surface area contributed by atoms with Gasteiger partial charge in [0.2, 0.25) is 11.8 Å². The summed E-state index contributed by atoms with van der Waals surface area (Å²) >= 11 is 4.92. The summed E-state index contributed by atoms with van der Waals surface area (Å²) < 4.78 is 0. The smallest absolute Gasteiger partial charge is 0.233 e. The van der Waals surface area contributed by atoms with Crippen LogP contribution in [0.2, 0.25) is 0 Å². The number of rotatable bonds is 5. The standard InChI is InChI=1S/C14H24N2O2S/c1-10(19)15-7-5-6-8-16-12(17)9-11(13(16)18)14(2,3)4/h11H,5-9H2,1-4H3,(H,15,19). The van der Waals surface area contributed by atoms with Crippen LogP contribution in [0.5, 0.6) is 0 Å². The lowest BCUT2D eigenvalue weighted by atomic mass is 9.80. The van der Waals surface area contributed by atoms with Crippen molar-refractivity contribution >= 4 is 29.0 Å². The topological polar surface area (TPSA) is 49.4 Å². The highest BCUT2D eigenvalue weighted by molar-refractivity contribution is 7.80. The Hall–Kier alpha value is -0.970. The molecule has 108 valence electrons. The first-order valence-corrected chi connectivity index (χ1v) is 7.23. The Labute approximate surface area is 120 Å². The molecule has 0 aromatic carbocycles. The number of thiocarbonyl (C=S) groups is 1. The summed E-state index contributed by atoms with van der Waals surface area (Å²) in [6, 6.07) is 0. The van der Waals surface area contributed by atoms with Gasteiger partial charge in [-0.05, 0) is 25.2 Å². The van der Waals surface area contributed by atoms with Crippen molar-refractivity contribution in [1.29, 1.82) is 0 Å². The van der Waals surface area contributed by atoms with E-state index in [1.807, 2.05) is 27.7 Å². The zero-order valence-electron chi connectivity index (χ0n) is 12.3. The Morgan fingerprint density at radius 3 is 2.47 bits per heavy atom. The summed E-state index contributed by atoms with van der Waals surface area (Å²) in [4.78, 5) is 26.3. The zero-order valence-corrected chi connectivity index (χ0v) is 13.1. The fourth-order valence-corrected chi connectivity index (χ4v) is 2.36. The van der Waals surface area contributed by atoms with E-state index in [1.165, 1.54) is 4.90 Å². The van der Waals surface area contributed by atoms with Crippen molar-refractivity contribution < 1.29 is 9.59 Å². The predicted octanol–water partition coefficient (Wildman–Crippen LogP) is 2.12. The van der Waals surface area contributed by atoms with Gasteiger partial charge in [0.05, 0.1) is 10.9 Å². The molecule has 1 rings (SSSR count). The summed E-state index contributed by atoms with van der Waals surface area (Å²) in [7, 11) is 0. The van der Waals surface area contributed by atoms with Crippen LogP contribution >= 0.6 is 12.2 Å². The number of carbonyl (C=O) groups excluding carboxylic acids is 2. The number of imide groups is 1. The maximum Gasteiger partial charge on any atom is 0.233 e. The lowest BCUT2D eigenvalue weighted by Crippen LogP contribution is -2.35. The van der Waals surface area contributed by atoms with Gasteiger partial charge in [0.25, 0.3) is 0 Å². The maximum absolute atomic E-state index is 12.2. The summed E-state index contributed by atoms with van der Waals surface area (Å²) in [6.07, 6.45) is 2.09. The molecule has 1 heterocycles. The summed E-state index contributed by atoms with van der Waals surface area (Å²) in [5, 5.41) is 3.07. The number of amides is 2. The third-order valence-electron chi connectivity index (χ3n) is 3.47. The van der Waals surface area contributed by atoms with E-state index in [9.17, 15) is 9.59 Å². The fraction of sp³-hybridized carbons (Fsp3) is 0.786. The van der Waals surface area contributed by atoms with E-state index >= 15 is 0 Å². The highest BCUT2D eigenvalue weighted by Gasteiger charge is 2.44. The zero-order chi connectivity index (χ0) is 14.6. The van der Waals surface area contributed by atoms with Crippen LogP contribution in [0.1, 0.15) is 47.0 Å². The summed E-state index contributed by atoms with van der Waals surface area (Å²) in [6.45, 7) is 9.21. The van der Waals surface area contributed by atoms with Gasteiger partial charge in [-0.3, -0.25) is 14.5 Å². The molecule has 1 atom stereocenters. The molecule has 1 aliphatic rings. The number of nitrogens with one attached hydrogen (secondary N) is 1. The first-order valence-electron chi connectivity index (χ1n) is 6.82. The van der Waals surface area contributed by atoms with Crippen molar-refractivity contribution in [3.8, 4) is 0 Å². The first-order chi connectivity index (χ1) is 8.73. The molecular weight excluding hydrogens is 260 g/mol. The van der Waals surface area contributed by atoms with Crippen molar-refractivity contribution in [2.24, 2.45) is 11.3 Å². The minimum Gasteiger partial charge on any atom is -0.380 e. The number of hydrogen-bond acceptors (Lipinski definition) is 3. The van der Waals surface area contributed by atoms with Gasteiger partial charge in [-0.1, -0.05) is 33.0 Å². The van der Waals surface area contributed by atoms with E-state index in [0.717, 1.165) is 24.4 Å². The average molecular weight is 284 g/mol. The highest BCUT2D eigenvalue weighted by atomic mass is 32.1. The Balaban J connectivity index is 2.40. The molecule has 19 heavy (non-hydrogen) atoms. The lowest BCUT2D eigenvalue weighted by Gasteiger charge is -2.24. The summed E-state index contributed by atoms with van der Waals surface area (Å²) in [5.41, 5.74) is -0.141. The van der Waals surface area contributed by atoms with Gasteiger partial charge in [-0.15, -0.1) is 0 Å². The van der Waals surface area contributed by atoms with Crippen molar-refractivity contribution in [3.63, 3.8) is 0 Å². The van der Waals surface area contributed by atoms with Gasteiger partial charge in [-0.25, -0.2) is 0 Å². The van der Waals surface area contributed by atoms with Gasteiger partial charge in [0.1, 0.15) is 0 Å². The quantitative estimate of drug-likeness (QED) is 0.477. The Bertz CT molecular complexity index is 374. The van der Waals surface area contributed by atoms with Crippen LogP contribution in [0.3, 0.4) is 0 Å². The van der Waals surface area contributed by atoms with Gasteiger partial charge < -0.3 is 5.32 Å². The van der Waals surface area contributed by atoms with Crippen LogP contribution in [0, 0.1) is 11.3 Å². The molecule has 1 saturated heterocycles. The average Bonchev–Trinajstić information content (AvgIpc) is 2.55. The second-order valence-electron chi connectivity index (χ2n) is 6.20.